The van der Waals surface area contributed by atoms with Gasteiger partial charge >= 0.3 is 5.97 Å². The van der Waals surface area contributed by atoms with Crippen molar-refractivity contribution >= 4 is 34.5 Å². The van der Waals surface area contributed by atoms with E-state index in [0.29, 0.717) is 28.5 Å². The number of aromatic nitrogens is 3. The van der Waals surface area contributed by atoms with Gasteiger partial charge in [0.25, 0.3) is 0 Å². The van der Waals surface area contributed by atoms with Gasteiger partial charge in [0.2, 0.25) is 5.95 Å². The first kappa shape index (κ1) is 26.5. The van der Waals surface area contributed by atoms with E-state index in [1.807, 2.05) is 36.7 Å². The summed E-state index contributed by atoms with van der Waals surface area (Å²) in [6.07, 6.45) is 4.21. The number of likely N-dealkylation sites (tertiary alicyclic amines) is 1. The number of hydrogen-bond acceptors (Lipinski definition) is 8. The molecule has 5 rings (SSSR count). The summed E-state index contributed by atoms with van der Waals surface area (Å²) in [6, 6.07) is 13.4. The van der Waals surface area contributed by atoms with Crippen LogP contribution in [0.15, 0.2) is 48.7 Å². The van der Waals surface area contributed by atoms with Crippen molar-refractivity contribution in [1.82, 2.24) is 19.4 Å². The third kappa shape index (κ3) is 5.40. The lowest BCUT2D eigenvalue weighted by Crippen LogP contribution is -2.29. The van der Waals surface area contributed by atoms with Crippen LogP contribution in [-0.4, -0.2) is 58.8 Å². The Morgan fingerprint density at radius 3 is 2.59 bits per heavy atom. The van der Waals surface area contributed by atoms with Crippen LogP contribution in [0.25, 0.3) is 16.7 Å². The lowest BCUT2D eigenvalue weighted by atomic mass is 9.86. The zero-order chi connectivity index (χ0) is 27.7. The third-order valence-electron chi connectivity index (χ3n) is 7.26. The van der Waals surface area contributed by atoms with E-state index in [1.54, 1.807) is 18.2 Å². The highest BCUT2D eigenvalue weighted by Gasteiger charge is 2.24. The van der Waals surface area contributed by atoms with E-state index in [4.69, 9.17) is 15.2 Å². The molecule has 0 unspecified atom stereocenters. The third-order valence-corrected chi connectivity index (χ3v) is 7.26. The molecule has 1 fully saturated rings. The number of para-hydroxylation sites is 1. The van der Waals surface area contributed by atoms with Crippen LogP contribution in [0, 0.1) is 6.92 Å². The fourth-order valence-corrected chi connectivity index (χ4v) is 5.34. The predicted octanol–water partition coefficient (Wildman–Crippen LogP) is 5.44. The Bertz CT molecular complexity index is 1500. The summed E-state index contributed by atoms with van der Waals surface area (Å²) >= 11 is 0. The van der Waals surface area contributed by atoms with Crippen molar-refractivity contribution in [2.45, 2.75) is 45.6 Å². The van der Waals surface area contributed by atoms with Crippen molar-refractivity contribution in [2.24, 2.45) is 0 Å². The largest absolute Gasteiger partial charge is 0.489 e. The normalized spacial score (nSPS) is 14.6. The molecule has 39 heavy (non-hydrogen) atoms. The number of nitrogen functional groups attached to an aromatic ring is 1. The summed E-state index contributed by atoms with van der Waals surface area (Å²) < 4.78 is 13.4. The molecule has 0 saturated carbocycles. The molecule has 4 aromatic rings. The van der Waals surface area contributed by atoms with Crippen LogP contribution in [0.1, 0.15) is 54.1 Å². The van der Waals surface area contributed by atoms with E-state index in [2.05, 4.69) is 46.3 Å². The molecule has 0 amide bonds. The molecule has 0 bridgehead atoms. The summed E-state index contributed by atoms with van der Waals surface area (Å²) in [4.78, 5) is 23.8. The highest BCUT2D eigenvalue weighted by Crippen LogP contribution is 2.38. The summed E-state index contributed by atoms with van der Waals surface area (Å²) in [7, 11) is 3.54. The number of methoxy groups -OCH3 is 1. The fourth-order valence-electron chi connectivity index (χ4n) is 5.34. The van der Waals surface area contributed by atoms with Gasteiger partial charge in [0, 0.05) is 6.20 Å². The van der Waals surface area contributed by atoms with Gasteiger partial charge in [-0.2, -0.15) is 4.98 Å². The van der Waals surface area contributed by atoms with Crippen molar-refractivity contribution < 1.29 is 14.3 Å². The molecule has 204 valence electrons. The highest BCUT2D eigenvalue weighted by atomic mass is 16.5. The molecular formula is C30H36N6O3. The van der Waals surface area contributed by atoms with Gasteiger partial charge in [-0.3, -0.25) is 0 Å². The van der Waals surface area contributed by atoms with Gasteiger partial charge in [-0.15, -0.1) is 0 Å². The van der Waals surface area contributed by atoms with E-state index < -0.39 is 5.97 Å². The number of carbonyl (C=O) groups is 1. The first-order valence-electron chi connectivity index (χ1n) is 13.3. The summed E-state index contributed by atoms with van der Waals surface area (Å²) in [6.45, 7) is 8.42. The number of nitrogens with two attached hydrogens (primary N) is 1. The Kier molecular flexibility index (Phi) is 7.43. The van der Waals surface area contributed by atoms with Crippen LogP contribution in [0.3, 0.4) is 0 Å². The summed E-state index contributed by atoms with van der Waals surface area (Å²) in [5.74, 6) is 1.47. The van der Waals surface area contributed by atoms with E-state index in [-0.39, 0.29) is 12.1 Å². The second kappa shape index (κ2) is 10.9. The lowest BCUT2D eigenvalue weighted by molar-refractivity contribution is 0.0602. The minimum Gasteiger partial charge on any atom is -0.489 e. The number of rotatable bonds is 7. The standard InChI is InChI=1S/C30H36N6O3/c1-18(2)39-26-17-22(20-10-13-35(4)14-11-20)19(3)16-25(26)36-15-12-24-27(36)28(34-30(31)33-24)32-23-9-7-6-8-21(23)29(37)38-5/h6-9,12,15-18,20H,10-11,13-14H2,1-5H3,(H3,31,32,33,34). The number of anilines is 3. The average Bonchev–Trinajstić information content (AvgIpc) is 3.33. The van der Waals surface area contributed by atoms with Gasteiger partial charge in [-0.1, -0.05) is 12.1 Å². The van der Waals surface area contributed by atoms with Gasteiger partial charge < -0.3 is 30.0 Å². The number of aryl methyl sites for hydroxylation is 1. The number of nitrogens with zero attached hydrogens (tertiary/aromatic N) is 4. The highest BCUT2D eigenvalue weighted by molar-refractivity contribution is 5.98. The van der Waals surface area contributed by atoms with Crippen molar-refractivity contribution in [3.63, 3.8) is 0 Å². The maximum atomic E-state index is 12.4. The van der Waals surface area contributed by atoms with Gasteiger partial charge in [0.05, 0.1) is 35.7 Å². The van der Waals surface area contributed by atoms with Crippen LogP contribution in [0.4, 0.5) is 17.5 Å². The number of ether oxygens (including phenoxy) is 2. The Hall–Kier alpha value is -4.11. The molecular weight excluding hydrogens is 492 g/mol. The molecule has 1 saturated heterocycles. The Labute approximate surface area is 228 Å². The monoisotopic (exact) mass is 528 g/mol. The maximum Gasteiger partial charge on any atom is 0.339 e. The number of fused-ring (bicyclic) bond motifs is 1. The van der Waals surface area contributed by atoms with E-state index in [1.165, 1.54) is 18.2 Å². The van der Waals surface area contributed by atoms with Crippen molar-refractivity contribution in [3.05, 3.63) is 65.4 Å². The second-order valence-electron chi connectivity index (χ2n) is 10.4. The number of piperidine rings is 1. The molecule has 9 heteroatoms. The zero-order valence-corrected chi connectivity index (χ0v) is 23.2. The SMILES string of the molecule is COC(=O)c1ccccc1Nc1nc(N)nc2ccn(-c3cc(C)c(C4CCN(C)CC4)cc3OC(C)C)c12. The fraction of sp³-hybridized carbons (Fsp3) is 0.367. The van der Waals surface area contributed by atoms with E-state index in [9.17, 15) is 4.79 Å². The molecule has 0 atom stereocenters. The van der Waals surface area contributed by atoms with Gasteiger partial charge in [-0.25, -0.2) is 9.78 Å². The average molecular weight is 529 g/mol. The Morgan fingerprint density at radius 2 is 1.87 bits per heavy atom. The number of hydrogen-bond donors (Lipinski definition) is 2. The van der Waals surface area contributed by atoms with Crippen LogP contribution in [0.2, 0.25) is 0 Å². The molecule has 1 aliphatic rings. The quantitative estimate of drug-likeness (QED) is 0.306. The molecule has 2 aromatic heterocycles. The number of esters is 1. The summed E-state index contributed by atoms with van der Waals surface area (Å²) in [5, 5.41) is 3.31. The number of nitrogens with one attached hydrogen (secondary N) is 1. The molecule has 0 spiro atoms. The van der Waals surface area contributed by atoms with Crippen molar-refractivity contribution in [2.75, 3.05) is 38.3 Å². The Morgan fingerprint density at radius 1 is 1.13 bits per heavy atom. The maximum absolute atomic E-state index is 12.4. The molecule has 2 aromatic carbocycles. The molecule has 3 heterocycles. The van der Waals surface area contributed by atoms with Crippen molar-refractivity contribution in [1.29, 1.82) is 0 Å². The number of carbonyl (C=O) groups excluding carboxylic acids is 1. The molecule has 0 radical (unpaired) electrons. The Balaban J connectivity index is 1.64. The van der Waals surface area contributed by atoms with Crippen LogP contribution in [-0.2, 0) is 4.74 Å². The van der Waals surface area contributed by atoms with Gasteiger partial charge in [0.15, 0.2) is 5.82 Å². The molecule has 0 aliphatic carbocycles. The van der Waals surface area contributed by atoms with E-state index >= 15 is 0 Å². The van der Waals surface area contributed by atoms with Gasteiger partial charge in [-0.05, 0) is 101 Å². The minimum absolute atomic E-state index is 0.00459. The topological polar surface area (TPSA) is 108 Å². The van der Waals surface area contributed by atoms with E-state index in [0.717, 1.165) is 42.9 Å². The first-order valence-corrected chi connectivity index (χ1v) is 13.3. The van der Waals surface area contributed by atoms with Crippen molar-refractivity contribution in [3.8, 4) is 11.4 Å². The predicted molar refractivity (Wildman–Crippen MR) is 154 cm³/mol. The molecule has 3 N–H and O–H groups in total. The molecule has 1 aliphatic heterocycles. The number of benzene rings is 2. The van der Waals surface area contributed by atoms with Crippen LogP contribution >= 0.6 is 0 Å². The van der Waals surface area contributed by atoms with Crippen LogP contribution < -0.4 is 15.8 Å². The van der Waals surface area contributed by atoms with Crippen LogP contribution in [0.5, 0.6) is 5.75 Å². The zero-order valence-electron chi connectivity index (χ0n) is 23.2. The summed E-state index contributed by atoms with van der Waals surface area (Å²) in [5.41, 5.74) is 11.9. The molecule has 9 nitrogen and oxygen atoms in total. The lowest BCUT2D eigenvalue weighted by Gasteiger charge is -2.31. The first-order chi connectivity index (χ1) is 18.7. The van der Waals surface area contributed by atoms with Gasteiger partial charge in [0.1, 0.15) is 11.3 Å². The second-order valence-corrected chi connectivity index (χ2v) is 10.4. The minimum atomic E-state index is -0.445. The smallest absolute Gasteiger partial charge is 0.339 e.